The van der Waals surface area contributed by atoms with Crippen molar-refractivity contribution in [2.75, 3.05) is 6.54 Å². The van der Waals surface area contributed by atoms with Gasteiger partial charge >= 0.3 is 11.1 Å². The van der Waals surface area contributed by atoms with Crippen LogP contribution in [-0.4, -0.2) is 22.0 Å². The molecule has 0 aliphatic heterocycles. The average Bonchev–Trinajstić information content (AvgIpc) is 2.58. The first-order valence-electron chi connectivity index (χ1n) is 7.42. The van der Waals surface area contributed by atoms with Crippen LogP contribution in [0.3, 0.4) is 0 Å². The van der Waals surface area contributed by atoms with E-state index in [9.17, 15) is 18.8 Å². The second-order valence-electron chi connectivity index (χ2n) is 5.34. The van der Waals surface area contributed by atoms with E-state index in [1.54, 1.807) is 18.2 Å². The summed E-state index contributed by atoms with van der Waals surface area (Å²) in [6.07, 6.45) is 0. The number of rotatable bonds is 4. The molecule has 0 aliphatic carbocycles. The third-order valence-corrected chi connectivity index (χ3v) is 3.88. The maximum atomic E-state index is 13.3. The molecule has 3 rings (SSSR count). The van der Waals surface area contributed by atoms with Crippen molar-refractivity contribution in [1.82, 2.24) is 14.9 Å². The standard InChI is InChI=1S/C17H13ClFN3O3/c18-11-3-1-2-10(8-11)15(23)20-6-7-22-14-5-4-12(19)9-13(14)21-16(24)17(22)25/h1-5,8-9H,6-7H2,(H,20,23)(H,21,24). The first-order valence-corrected chi connectivity index (χ1v) is 7.79. The maximum absolute atomic E-state index is 13.3. The van der Waals surface area contributed by atoms with E-state index in [0.717, 1.165) is 6.07 Å². The van der Waals surface area contributed by atoms with E-state index in [2.05, 4.69) is 10.3 Å². The van der Waals surface area contributed by atoms with Gasteiger partial charge in [-0.25, -0.2) is 4.39 Å². The van der Waals surface area contributed by atoms with Crippen molar-refractivity contribution in [3.63, 3.8) is 0 Å². The Labute approximate surface area is 145 Å². The number of H-pyrrole nitrogens is 1. The van der Waals surface area contributed by atoms with Crippen molar-refractivity contribution < 1.29 is 9.18 Å². The van der Waals surface area contributed by atoms with Crippen molar-refractivity contribution in [3.8, 4) is 0 Å². The van der Waals surface area contributed by atoms with E-state index in [4.69, 9.17) is 11.6 Å². The van der Waals surface area contributed by atoms with Crippen molar-refractivity contribution in [1.29, 1.82) is 0 Å². The van der Waals surface area contributed by atoms with Crippen LogP contribution in [0.15, 0.2) is 52.1 Å². The summed E-state index contributed by atoms with van der Waals surface area (Å²) in [7, 11) is 0. The third kappa shape index (κ3) is 3.61. The number of nitrogens with one attached hydrogen (secondary N) is 2. The molecule has 25 heavy (non-hydrogen) atoms. The smallest absolute Gasteiger partial charge is 0.316 e. The third-order valence-electron chi connectivity index (χ3n) is 3.64. The molecule has 128 valence electrons. The van der Waals surface area contributed by atoms with Gasteiger partial charge in [-0.1, -0.05) is 17.7 Å². The van der Waals surface area contributed by atoms with Gasteiger partial charge in [-0.3, -0.25) is 14.4 Å². The molecule has 1 aromatic heterocycles. The van der Waals surface area contributed by atoms with Gasteiger partial charge in [0.05, 0.1) is 11.0 Å². The van der Waals surface area contributed by atoms with Crippen LogP contribution in [0.1, 0.15) is 10.4 Å². The molecule has 2 N–H and O–H groups in total. The Morgan fingerprint density at radius 3 is 2.76 bits per heavy atom. The highest BCUT2D eigenvalue weighted by atomic mass is 35.5. The maximum Gasteiger partial charge on any atom is 0.316 e. The van der Waals surface area contributed by atoms with Crippen LogP contribution in [0.2, 0.25) is 5.02 Å². The molecule has 1 heterocycles. The molecule has 6 nitrogen and oxygen atoms in total. The van der Waals surface area contributed by atoms with E-state index in [-0.39, 0.29) is 24.5 Å². The monoisotopic (exact) mass is 361 g/mol. The molecule has 1 amide bonds. The summed E-state index contributed by atoms with van der Waals surface area (Å²) in [4.78, 5) is 38.2. The van der Waals surface area contributed by atoms with Gasteiger partial charge in [0.2, 0.25) is 0 Å². The Morgan fingerprint density at radius 1 is 1.20 bits per heavy atom. The number of benzene rings is 2. The highest BCUT2D eigenvalue weighted by Gasteiger charge is 2.10. The Kier molecular flexibility index (Phi) is 4.67. The molecule has 0 fully saturated rings. The van der Waals surface area contributed by atoms with Gasteiger partial charge in [-0.05, 0) is 36.4 Å². The average molecular weight is 362 g/mol. The minimum absolute atomic E-state index is 0.0667. The molecule has 0 saturated carbocycles. The number of hydrogen-bond donors (Lipinski definition) is 2. The molecular weight excluding hydrogens is 349 g/mol. The normalized spacial score (nSPS) is 10.8. The number of carbonyl (C=O) groups is 1. The molecular formula is C17H13ClFN3O3. The van der Waals surface area contributed by atoms with Gasteiger partial charge in [-0.15, -0.1) is 0 Å². The second-order valence-corrected chi connectivity index (χ2v) is 5.78. The topological polar surface area (TPSA) is 84.0 Å². The van der Waals surface area contributed by atoms with E-state index < -0.39 is 16.9 Å². The summed E-state index contributed by atoms with van der Waals surface area (Å²) >= 11 is 5.84. The quantitative estimate of drug-likeness (QED) is 0.696. The number of amides is 1. The number of hydrogen-bond acceptors (Lipinski definition) is 3. The van der Waals surface area contributed by atoms with Gasteiger partial charge in [0.25, 0.3) is 5.91 Å². The molecule has 0 saturated heterocycles. The lowest BCUT2D eigenvalue weighted by Crippen LogP contribution is -2.39. The fourth-order valence-electron chi connectivity index (χ4n) is 2.49. The summed E-state index contributed by atoms with van der Waals surface area (Å²) in [6, 6.07) is 10.2. The number of nitrogens with zero attached hydrogens (tertiary/aromatic N) is 1. The number of halogens is 2. The van der Waals surface area contributed by atoms with Gasteiger partial charge in [0.15, 0.2) is 0 Å². The Bertz CT molecular complexity index is 1070. The molecule has 0 bridgehead atoms. The molecule has 0 unspecified atom stereocenters. The van der Waals surface area contributed by atoms with Gasteiger partial charge in [0, 0.05) is 23.7 Å². The minimum Gasteiger partial charge on any atom is -0.350 e. The van der Waals surface area contributed by atoms with Crippen molar-refractivity contribution >= 4 is 28.5 Å². The molecule has 0 radical (unpaired) electrons. The largest absolute Gasteiger partial charge is 0.350 e. The Hall–Kier alpha value is -2.93. The predicted octanol–water partition coefficient (Wildman–Crippen LogP) is 1.91. The van der Waals surface area contributed by atoms with Crippen LogP contribution in [0.25, 0.3) is 11.0 Å². The van der Waals surface area contributed by atoms with Gasteiger partial charge < -0.3 is 14.9 Å². The SMILES string of the molecule is O=C(NCCn1c(=O)c(=O)[nH]c2cc(F)ccc21)c1cccc(Cl)c1. The molecule has 0 aliphatic rings. The zero-order valence-corrected chi connectivity index (χ0v) is 13.6. The van der Waals surface area contributed by atoms with Crippen LogP contribution < -0.4 is 16.4 Å². The zero-order chi connectivity index (χ0) is 18.0. The number of aromatic nitrogens is 2. The number of fused-ring (bicyclic) bond motifs is 1. The predicted molar refractivity (Wildman–Crippen MR) is 92.6 cm³/mol. The molecule has 0 spiro atoms. The van der Waals surface area contributed by atoms with Crippen molar-refractivity contribution in [2.24, 2.45) is 0 Å². The van der Waals surface area contributed by atoms with Crippen LogP contribution >= 0.6 is 11.6 Å². The fourth-order valence-corrected chi connectivity index (χ4v) is 2.68. The van der Waals surface area contributed by atoms with Gasteiger partial charge in [-0.2, -0.15) is 0 Å². The lowest BCUT2D eigenvalue weighted by Gasteiger charge is -2.10. The second kappa shape index (κ2) is 6.90. The molecule has 3 aromatic rings. The number of aromatic amines is 1. The van der Waals surface area contributed by atoms with E-state index in [1.165, 1.54) is 22.8 Å². The summed E-state index contributed by atoms with van der Waals surface area (Å²) in [5, 5.41) is 3.09. The summed E-state index contributed by atoms with van der Waals surface area (Å²) < 4.78 is 14.5. The van der Waals surface area contributed by atoms with Crippen molar-refractivity contribution in [3.05, 3.63) is 79.6 Å². The summed E-state index contributed by atoms with van der Waals surface area (Å²) in [6.45, 7) is 0.179. The fraction of sp³-hybridized carbons (Fsp3) is 0.118. The van der Waals surface area contributed by atoms with Crippen LogP contribution in [0.5, 0.6) is 0 Å². The van der Waals surface area contributed by atoms with E-state index in [1.807, 2.05) is 0 Å². The lowest BCUT2D eigenvalue weighted by molar-refractivity contribution is 0.0952. The van der Waals surface area contributed by atoms with Crippen molar-refractivity contribution in [2.45, 2.75) is 6.54 Å². The molecule has 8 heteroatoms. The minimum atomic E-state index is -0.848. The first kappa shape index (κ1) is 16.9. The Balaban J connectivity index is 1.82. The highest BCUT2D eigenvalue weighted by molar-refractivity contribution is 6.30. The molecule has 2 aromatic carbocycles. The Morgan fingerprint density at radius 2 is 2.00 bits per heavy atom. The van der Waals surface area contributed by atoms with E-state index >= 15 is 0 Å². The van der Waals surface area contributed by atoms with Gasteiger partial charge in [0.1, 0.15) is 5.82 Å². The zero-order valence-electron chi connectivity index (χ0n) is 12.9. The summed E-state index contributed by atoms with van der Waals surface area (Å²) in [5.41, 5.74) is -0.637. The number of carbonyl (C=O) groups excluding carboxylic acids is 1. The first-order chi connectivity index (χ1) is 12.0. The van der Waals surface area contributed by atoms with E-state index in [0.29, 0.717) is 16.1 Å². The highest BCUT2D eigenvalue weighted by Crippen LogP contribution is 2.11. The van der Waals surface area contributed by atoms with Crippen LogP contribution in [0.4, 0.5) is 4.39 Å². The van der Waals surface area contributed by atoms with Crippen LogP contribution in [0, 0.1) is 5.82 Å². The van der Waals surface area contributed by atoms with Crippen LogP contribution in [-0.2, 0) is 6.54 Å². The molecule has 0 atom stereocenters. The summed E-state index contributed by atoms with van der Waals surface area (Å²) in [5.74, 6) is -0.877. The lowest BCUT2D eigenvalue weighted by atomic mass is 10.2.